The monoisotopic (exact) mass is 308 g/mol. The predicted octanol–water partition coefficient (Wildman–Crippen LogP) is 1.00. The Morgan fingerprint density at radius 2 is 1.23 bits per heavy atom. The molecule has 0 spiro atoms. The molecule has 0 atom stereocenters. The van der Waals surface area contributed by atoms with Gasteiger partial charge >= 0.3 is 0 Å². The highest BCUT2D eigenvalue weighted by atomic mass is 16.5. The van der Waals surface area contributed by atoms with E-state index in [-0.39, 0.29) is 0 Å². The second kappa shape index (κ2) is 9.26. The Kier molecular flexibility index (Phi) is 6.98. The van der Waals surface area contributed by atoms with Crippen molar-refractivity contribution in [3.8, 4) is 0 Å². The number of rotatable bonds is 11. The van der Waals surface area contributed by atoms with Crippen LogP contribution in [0.2, 0.25) is 0 Å². The van der Waals surface area contributed by atoms with E-state index in [0.717, 1.165) is 50.5 Å². The van der Waals surface area contributed by atoms with Gasteiger partial charge in [-0.05, 0) is 26.7 Å². The number of ether oxygens (including phenoxy) is 2. The van der Waals surface area contributed by atoms with Crippen LogP contribution in [0.25, 0.3) is 0 Å². The van der Waals surface area contributed by atoms with Crippen LogP contribution in [0.3, 0.4) is 0 Å². The average Bonchev–Trinajstić information content (AvgIpc) is 3.09. The molecule has 0 saturated carbocycles. The standard InChI is InChI=1S/C14H24N6O2/c1-13-11-19(17-15-13)5-9-21-7-3-4-8-22-10-6-20-12-14(2)16-18-20/h11-12H,3-10H2,1-2H3. The molecule has 22 heavy (non-hydrogen) atoms. The Morgan fingerprint density at radius 3 is 1.59 bits per heavy atom. The molecule has 2 heterocycles. The van der Waals surface area contributed by atoms with Gasteiger partial charge in [0, 0.05) is 25.6 Å². The van der Waals surface area contributed by atoms with E-state index in [1.165, 1.54) is 0 Å². The van der Waals surface area contributed by atoms with E-state index in [9.17, 15) is 0 Å². The van der Waals surface area contributed by atoms with Crippen molar-refractivity contribution < 1.29 is 9.47 Å². The normalized spacial score (nSPS) is 11.2. The summed E-state index contributed by atoms with van der Waals surface area (Å²) in [6, 6.07) is 0. The summed E-state index contributed by atoms with van der Waals surface area (Å²) in [5.74, 6) is 0. The second-order valence-corrected chi connectivity index (χ2v) is 5.18. The molecule has 2 aromatic rings. The second-order valence-electron chi connectivity index (χ2n) is 5.18. The molecule has 0 radical (unpaired) electrons. The summed E-state index contributed by atoms with van der Waals surface area (Å²) < 4.78 is 14.7. The van der Waals surface area contributed by atoms with Crippen molar-refractivity contribution in [3.63, 3.8) is 0 Å². The summed E-state index contributed by atoms with van der Waals surface area (Å²) >= 11 is 0. The van der Waals surface area contributed by atoms with Gasteiger partial charge in [0.2, 0.25) is 0 Å². The van der Waals surface area contributed by atoms with Gasteiger partial charge in [-0.3, -0.25) is 0 Å². The third kappa shape index (κ3) is 6.31. The number of unbranched alkanes of at least 4 members (excludes halogenated alkanes) is 1. The van der Waals surface area contributed by atoms with Crippen molar-refractivity contribution in [1.29, 1.82) is 0 Å². The molecule has 0 N–H and O–H groups in total. The third-order valence-corrected chi connectivity index (χ3v) is 3.06. The van der Waals surface area contributed by atoms with Crippen LogP contribution in [0.1, 0.15) is 24.2 Å². The zero-order valence-electron chi connectivity index (χ0n) is 13.3. The lowest BCUT2D eigenvalue weighted by atomic mass is 10.3. The fourth-order valence-corrected chi connectivity index (χ4v) is 1.94. The van der Waals surface area contributed by atoms with Gasteiger partial charge in [-0.15, -0.1) is 10.2 Å². The molecule has 0 saturated heterocycles. The summed E-state index contributed by atoms with van der Waals surface area (Å²) in [4.78, 5) is 0. The first kappa shape index (κ1) is 16.6. The number of aryl methyl sites for hydroxylation is 2. The molecule has 0 bridgehead atoms. The molecule has 2 rings (SSSR count). The molecule has 0 aliphatic rings. The van der Waals surface area contributed by atoms with E-state index < -0.39 is 0 Å². The molecule has 8 nitrogen and oxygen atoms in total. The number of hydrogen-bond acceptors (Lipinski definition) is 6. The van der Waals surface area contributed by atoms with Crippen LogP contribution >= 0.6 is 0 Å². The molecule has 0 aromatic carbocycles. The van der Waals surface area contributed by atoms with Gasteiger partial charge in [-0.1, -0.05) is 10.4 Å². The van der Waals surface area contributed by atoms with E-state index in [4.69, 9.17) is 9.47 Å². The molecule has 0 amide bonds. The predicted molar refractivity (Wildman–Crippen MR) is 80.4 cm³/mol. The van der Waals surface area contributed by atoms with Gasteiger partial charge in [0.15, 0.2) is 0 Å². The summed E-state index contributed by atoms with van der Waals surface area (Å²) in [6.07, 6.45) is 5.82. The fourth-order valence-electron chi connectivity index (χ4n) is 1.94. The first-order chi connectivity index (χ1) is 10.7. The lowest BCUT2D eigenvalue weighted by molar-refractivity contribution is 0.0936. The van der Waals surface area contributed by atoms with E-state index in [2.05, 4.69) is 20.6 Å². The molecule has 2 aromatic heterocycles. The summed E-state index contributed by atoms with van der Waals surface area (Å²) in [5.41, 5.74) is 1.86. The molecule has 0 fully saturated rings. The van der Waals surface area contributed by atoms with Crippen LogP contribution in [0, 0.1) is 13.8 Å². The highest BCUT2D eigenvalue weighted by Crippen LogP contribution is 1.95. The first-order valence-electron chi connectivity index (χ1n) is 7.63. The van der Waals surface area contributed by atoms with Crippen LogP contribution in [-0.4, -0.2) is 56.4 Å². The Bertz CT molecular complexity index is 491. The SMILES string of the molecule is Cc1cn(CCOCCCCOCCn2cc(C)nn2)nn1. The van der Waals surface area contributed by atoms with Crippen molar-refractivity contribution in [2.75, 3.05) is 26.4 Å². The minimum atomic E-state index is 0.662. The first-order valence-corrected chi connectivity index (χ1v) is 7.63. The van der Waals surface area contributed by atoms with Crippen LogP contribution in [-0.2, 0) is 22.6 Å². The van der Waals surface area contributed by atoms with Crippen molar-refractivity contribution >= 4 is 0 Å². The molecule has 122 valence electrons. The van der Waals surface area contributed by atoms with Crippen molar-refractivity contribution in [2.24, 2.45) is 0 Å². The van der Waals surface area contributed by atoms with Gasteiger partial charge in [-0.2, -0.15) is 0 Å². The molecule has 0 aliphatic carbocycles. The van der Waals surface area contributed by atoms with Gasteiger partial charge in [0.25, 0.3) is 0 Å². The maximum absolute atomic E-state index is 5.56. The molecular weight excluding hydrogens is 284 g/mol. The Hall–Kier alpha value is -1.80. The largest absolute Gasteiger partial charge is 0.380 e. The topological polar surface area (TPSA) is 79.9 Å². The van der Waals surface area contributed by atoms with Crippen molar-refractivity contribution in [2.45, 2.75) is 39.8 Å². The van der Waals surface area contributed by atoms with Crippen LogP contribution in [0.5, 0.6) is 0 Å². The molecule has 0 aliphatic heterocycles. The van der Waals surface area contributed by atoms with E-state index in [1.807, 2.05) is 26.2 Å². The van der Waals surface area contributed by atoms with Crippen molar-refractivity contribution in [3.05, 3.63) is 23.8 Å². The zero-order valence-corrected chi connectivity index (χ0v) is 13.3. The average molecular weight is 308 g/mol. The van der Waals surface area contributed by atoms with E-state index in [1.54, 1.807) is 9.36 Å². The maximum atomic E-state index is 5.56. The van der Waals surface area contributed by atoms with Gasteiger partial charge < -0.3 is 9.47 Å². The highest BCUT2D eigenvalue weighted by molar-refractivity contribution is 4.86. The summed E-state index contributed by atoms with van der Waals surface area (Å²) in [6.45, 7) is 8.16. The van der Waals surface area contributed by atoms with Crippen LogP contribution < -0.4 is 0 Å². The highest BCUT2D eigenvalue weighted by Gasteiger charge is 1.97. The number of nitrogens with zero attached hydrogens (tertiary/aromatic N) is 6. The summed E-state index contributed by atoms with van der Waals surface area (Å²) in [5, 5.41) is 15.8. The van der Waals surface area contributed by atoms with Crippen LogP contribution in [0.15, 0.2) is 12.4 Å². The quantitative estimate of drug-likeness (QED) is 0.576. The Labute approximate surface area is 130 Å². The van der Waals surface area contributed by atoms with Gasteiger partial charge in [-0.25, -0.2) is 9.36 Å². The molecule has 0 unspecified atom stereocenters. The molecule has 8 heteroatoms. The maximum Gasteiger partial charge on any atom is 0.0796 e. The lowest BCUT2D eigenvalue weighted by Gasteiger charge is -2.05. The van der Waals surface area contributed by atoms with Gasteiger partial charge in [0.05, 0.1) is 37.7 Å². The number of aromatic nitrogens is 6. The van der Waals surface area contributed by atoms with E-state index >= 15 is 0 Å². The zero-order chi connectivity index (χ0) is 15.6. The fraction of sp³-hybridized carbons (Fsp3) is 0.714. The third-order valence-electron chi connectivity index (χ3n) is 3.06. The number of hydrogen-bond donors (Lipinski definition) is 0. The molecular formula is C14H24N6O2. The van der Waals surface area contributed by atoms with E-state index in [0.29, 0.717) is 13.2 Å². The van der Waals surface area contributed by atoms with Gasteiger partial charge in [0.1, 0.15) is 0 Å². The Morgan fingerprint density at radius 1 is 0.773 bits per heavy atom. The minimum Gasteiger partial charge on any atom is -0.380 e. The Balaban J connectivity index is 1.37. The summed E-state index contributed by atoms with van der Waals surface area (Å²) in [7, 11) is 0. The minimum absolute atomic E-state index is 0.662. The lowest BCUT2D eigenvalue weighted by Crippen LogP contribution is -2.09. The van der Waals surface area contributed by atoms with Crippen molar-refractivity contribution in [1.82, 2.24) is 30.0 Å². The van der Waals surface area contributed by atoms with Crippen LogP contribution in [0.4, 0.5) is 0 Å². The smallest absolute Gasteiger partial charge is 0.0796 e.